The quantitative estimate of drug-likeness (QED) is 0.729. The summed E-state index contributed by atoms with van der Waals surface area (Å²) in [6.07, 6.45) is 1.34. The van der Waals surface area contributed by atoms with Crippen LogP contribution in [0.4, 0.5) is 20.3 Å². The van der Waals surface area contributed by atoms with Gasteiger partial charge in [0.1, 0.15) is 23.6 Å². The highest BCUT2D eigenvalue weighted by atomic mass is 19.2. The van der Waals surface area contributed by atoms with Crippen LogP contribution in [0.2, 0.25) is 0 Å². The highest BCUT2D eigenvalue weighted by Gasteiger charge is 2.14. The second-order valence-electron chi connectivity index (χ2n) is 5.56. The van der Waals surface area contributed by atoms with E-state index in [0.29, 0.717) is 17.1 Å². The van der Waals surface area contributed by atoms with E-state index in [1.807, 2.05) is 25.1 Å². The van der Waals surface area contributed by atoms with Gasteiger partial charge in [0, 0.05) is 23.4 Å². The fraction of sp³-hybridized carbons (Fsp3) is 0.158. The summed E-state index contributed by atoms with van der Waals surface area (Å²) in [5.41, 5.74) is 2.52. The molecule has 0 aliphatic carbocycles. The van der Waals surface area contributed by atoms with Crippen LogP contribution in [0, 0.1) is 18.6 Å². The molecular weight excluding hydrogens is 340 g/mol. The number of aromatic nitrogens is 2. The fourth-order valence-electron chi connectivity index (χ4n) is 2.57. The molecule has 134 valence electrons. The molecule has 1 heterocycles. The molecule has 5 nitrogen and oxygen atoms in total. The average Bonchev–Trinajstić information content (AvgIpc) is 2.64. The van der Waals surface area contributed by atoms with E-state index in [4.69, 9.17) is 9.47 Å². The van der Waals surface area contributed by atoms with Gasteiger partial charge in [-0.05, 0) is 36.8 Å². The zero-order valence-corrected chi connectivity index (χ0v) is 14.5. The SMILES string of the molecule is COc1ccc(Nc2cc(-c3cc(F)c(F)cc3OC)ncn2)cc1C. The van der Waals surface area contributed by atoms with E-state index in [2.05, 4.69) is 15.3 Å². The molecule has 0 unspecified atom stereocenters. The topological polar surface area (TPSA) is 56.3 Å². The highest BCUT2D eigenvalue weighted by Crippen LogP contribution is 2.32. The number of halogens is 2. The van der Waals surface area contributed by atoms with Gasteiger partial charge in [0.15, 0.2) is 11.6 Å². The third-order valence-electron chi connectivity index (χ3n) is 3.85. The minimum atomic E-state index is -0.980. The summed E-state index contributed by atoms with van der Waals surface area (Å²) in [6.45, 7) is 1.93. The lowest BCUT2D eigenvalue weighted by Gasteiger charge is -2.11. The van der Waals surface area contributed by atoms with Crippen molar-refractivity contribution in [2.24, 2.45) is 0 Å². The fourth-order valence-corrected chi connectivity index (χ4v) is 2.57. The van der Waals surface area contributed by atoms with Crippen LogP contribution in [0.15, 0.2) is 42.7 Å². The van der Waals surface area contributed by atoms with E-state index in [-0.39, 0.29) is 5.75 Å². The number of ether oxygens (including phenoxy) is 2. The highest BCUT2D eigenvalue weighted by molar-refractivity contribution is 5.70. The van der Waals surface area contributed by atoms with Crippen molar-refractivity contribution in [1.29, 1.82) is 0 Å². The Kier molecular flexibility index (Phi) is 4.97. The number of hydrogen-bond donors (Lipinski definition) is 1. The van der Waals surface area contributed by atoms with Crippen molar-refractivity contribution < 1.29 is 18.3 Å². The predicted molar refractivity (Wildman–Crippen MR) is 94.9 cm³/mol. The van der Waals surface area contributed by atoms with Crippen LogP contribution in [0.3, 0.4) is 0 Å². The maximum atomic E-state index is 13.6. The Balaban J connectivity index is 1.94. The van der Waals surface area contributed by atoms with Gasteiger partial charge < -0.3 is 14.8 Å². The summed E-state index contributed by atoms with van der Waals surface area (Å²) in [4.78, 5) is 8.30. The first-order valence-corrected chi connectivity index (χ1v) is 7.79. The van der Waals surface area contributed by atoms with Gasteiger partial charge in [-0.15, -0.1) is 0 Å². The molecule has 0 aliphatic heterocycles. The average molecular weight is 357 g/mol. The Morgan fingerprint density at radius 3 is 2.31 bits per heavy atom. The lowest BCUT2D eigenvalue weighted by molar-refractivity contribution is 0.408. The molecule has 0 spiro atoms. The molecule has 7 heteroatoms. The number of nitrogens with zero attached hydrogens (tertiary/aromatic N) is 2. The Labute approximate surface area is 149 Å². The molecule has 0 bridgehead atoms. The molecule has 0 radical (unpaired) electrons. The molecule has 3 rings (SSSR count). The van der Waals surface area contributed by atoms with Gasteiger partial charge in [-0.25, -0.2) is 18.7 Å². The van der Waals surface area contributed by atoms with Crippen LogP contribution < -0.4 is 14.8 Å². The number of rotatable bonds is 5. The Hall–Kier alpha value is -3.22. The molecule has 0 amide bonds. The summed E-state index contributed by atoms with van der Waals surface area (Å²) in [5, 5.41) is 3.15. The van der Waals surface area contributed by atoms with E-state index < -0.39 is 11.6 Å². The summed E-state index contributed by atoms with van der Waals surface area (Å²) in [6, 6.07) is 9.29. The Bertz CT molecular complexity index is 948. The zero-order chi connectivity index (χ0) is 18.7. The van der Waals surface area contributed by atoms with Crippen molar-refractivity contribution in [3.63, 3.8) is 0 Å². The molecule has 1 N–H and O–H groups in total. The van der Waals surface area contributed by atoms with Gasteiger partial charge in [-0.3, -0.25) is 0 Å². The number of methoxy groups -OCH3 is 2. The summed E-state index contributed by atoms with van der Waals surface area (Å²) >= 11 is 0. The van der Waals surface area contributed by atoms with Crippen LogP contribution in [0.5, 0.6) is 11.5 Å². The monoisotopic (exact) mass is 357 g/mol. The van der Waals surface area contributed by atoms with Crippen LogP contribution >= 0.6 is 0 Å². The standard InChI is InChI=1S/C19H17F2N3O2/c1-11-6-12(4-5-17(11)25-2)24-19-9-16(22-10-23-19)13-7-14(20)15(21)8-18(13)26-3/h4-10H,1-3H3,(H,22,23,24). The van der Waals surface area contributed by atoms with Crippen LogP contribution in [0.25, 0.3) is 11.3 Å². The second kappa shape index (κ2) is 7.35. The van der Waals surface area contributed by atoms with Gasteiger partial charge in [0.05, 0.1) is 19.9 Å². The number of aryl methyl sites for hydroxylation is 1. The first-order valence-electron chi connectivity index (χ1n) is 7.79. The number of anilines is 2. The lowest BCUT2D eigenvalue weighted by atomic mass is 10.1. The smallest absolute Gasteiger partial charge is 0.162 e. The first-order chi connectivity index (χ1) is 12.5. The molecule has 0 aliphatic rings. The first kappa shape index (κ1) is 17.6. The summed E-state index contributed by atoms with van der Waals surface area (Å²) < 4.78 is 37.4. The lowest BCUT2D eigenvalue weighted by Crippen LogP contribution is -1.98. The number of benzene rings is 2. The van der Waals surface area contributed by atoms with Gasteiger partial charge >= 0.3 is 0 Å². The molecule has 0 fully saturated rings. The van der Waals surface area contributed by atoms with Crippen LogP contribution in [0.1, 0.15) is 5.56 Å². The van der Waals surface area contributed by atoms with Crippen LogP contribution in [-0.2, 0) is 0 Å². The Morgan fingerprint density at radius 1 is 0.885 bits per heavy atom. The molecule has 1 aromatic heterocycles. The Morgan fingerprint density at radius 2 is 1.62 bits per heavy atom. The van der Waals surface area contributed by atoms with E-state index in [1.165, 1.54) is 13.4 Å². The normalized spacial score (nSPS) is 10.5. The minimum Gasteiger partial charge on any atom is -0.496 e. The van der Waals surface area contributed by atoms with Gasteiger partial charge in [0.25, 0.3) is 0 Å². The van der Waals surface area contributed by atoms with Crippen molar-refractivity contribution in [2.75, 3.05) is 19.5 Å². The van der Waals surface area contributed by atoms with Crippen molar-refractivity contribution >= 4 is 11.5 Å². The van der Waals surface area contributed by atoms with Gasteiger partial charge in [-0.2, -0.15) is 0 Å². The van der Waals surface area contributed by atoms with Crippen molar-refractivity contribution in [3.8, 4) is 22.8 Å². The summed E-state index contributed by atoms with van der Waals surface area (Å²) in [5.74, 6) is -0.475. The van der Waals surface area contributed by atoms with Crippen molar-refractivity contribution in [3.05, 3.63) is 59.9 Å². The van der Waals surface area contributed by atoms with E-state index >= 15 is 0 Å². The molecule has 0 saturated carbocycles. The second-order valence-corrected chi connectivity index (χ2v) is 5.56. The van der Waals surface area contributed by atoms with E-state index in [9.17, 15) is 8.78 Å². The van der Waals surface area contributed by atoms with Gasteiger partial charge in [0.2, 0.25) is 0 Å². The van der Waals surface area contributed by atoms with E-state index in [0.717, 1.165) is 29.1 Å². The maximum absolute atomic E-state index is 13.6. The molecule has 2 aromatic carbocycles. The third-order valence-corrected chi connectivity index (χ3v) is 3.85. The molecule has 3 aromatic rings. The number of nitrogens with one attached hydrogen (secondary N) is 1. The molecular formula is C19H17F2N3O2. The number of hydrogen-bond acceptors (Lipinski definition) is 5. The third kappa shape index (κ3) is 3.56. The van der Waals surface area contributed by atoms with Crippen molar-refractivity contribution in [2.45, 2.75) is 6.92 Å². The minimum absolute atomic E-state index is 0.189. The molecule has 0 atom stereocenters. The molecule has 0 saturated heterocycles. The van der Waals surface area contributed by atoms with Gasteiger partial charge in [-0.1, -0.05) is 0 Å². The maximum Gasteiger partial charge on any atom is 0.162 e. The molecule has 26 heavy (non-hydrogen) atoms. The largest absolute Gasteiger partial charge is 0.496 e. The van der Waals surface area contributed by atoms with Crippen LogP contribution in [-0.4, -0.2) is 24.2 Å². The summed E-state index contributed by atoms with van der Waals surface area (Å²) in [7, 11) is 3.00. The van der Waals surface area contributed by atoms with Crippen molar-refractivity contribution in [1.82, 2.24) is 9.97 Å². The van der Waals surface area contributed by atoms with E-state index in [1.54, 1.807) is 13.2 Å². The predicted octanol–water partition coefficient (Wildman–Crippen LogP) is 4.49. The zero-order valence-electron chi connectivity index (χ0n) is 14.5.